The van der Waals surface area contributed by atoms with Gasteiger partial charge in [0.15, 0.2) is 0 Å². The first-order valence-corrected chi connectivity index (χ1v) is 5.92. The predicted molar refractivity (Wildman–Crippen MR) is 70.6 cm³/mol. The van der Waals surface area contributed by atoms with Gasteiger partial charge in [-0.25, -0.2) is 0 Å². The standard InChI is InChI=1S/C13H17N3O2/c1-4-5-10(2)15(3)13-7-6-12(16(17)18)8-11(13)9-14/h6-8,10H,4-5H2,1-3H3. The number of nitro groups is 1. The Morgan fingerprint density at radius 3 is 2.72 bits per heavy atom. The molecular formula is C13H17N3O2. The third-order valence-corrected chi connectivity index (χ3v) is 3.06. The first kappa shape index (κ1) is 14.0. The van der Waals surface area contributed by atoms with Crippen LogP contribution >= 0.6 is 0 Å². The van der Waals surface area contributed by atoms with E-state index >= 15 is 0 Å². The highest BCUT2D eigenvalue weighted by Crippen LogP contribution is 2.26. The molecule has 0 amide bonds. The van der Waals surface area contributed by atoms with Crippen molar-refractivity contribution in [2.24, 2.45) is 0 Å². The Morgan fingerprint density at radius 1 is 1.56 bits per heavy atom. The zero-order chi connectivity index (χ0) is 13.7. The van der Waals surface area contributed by atoms with Crippen LogP contribution in [0.4, 0.5) is 11.4 Å². The molecule has 0 N–H and O–H groups in total. The molecule has 5 nitrogen and oxygen atoms in total. The molecule has 0 radical (unpaired) electrons. The SMILES string of the molecule is CCCC(C)N(C)c1ccc([N+](=O)[O-])cc1C#N. The second-order valence-electron chi connectivity index (χ2n) is 4.32. The molecule has 0 fully saturated rings. The van der Waals surface area contributed by atoms with Crippen molar-refractivity contribution >= 4 is 11.4 Å². The third kappa shape index (κ3) is 2.98. The lowest BCUT2D eigenvalue weighted by atomic mass is 10.1. The van der Waals surface area contributed by atoms with Crippen molar-refractivity contribution in [3.05, 3.63) is 33.9 Å². The van der Waals surface area contributed by atoms with E-state index < -0.39 is 4.92 Å². The van der Waals surface area contributed by atoms with Crippen LogP contribution in [0, 0.1) is 21.4 Å². The minimum Gasteiger partial charge on any atom is -0.371 e. The van der Waals surface area contributed by atoms with E-state index in [0.717, 1.165) is 18.5 Å². The normalized spacial score (nSPS) is 11.7. The molecule has 0 bridgehead atoms. The molecule has 0 saturated carbocycles. The summed E-state index contributed by atoms with van der Waals surface area (Å²) in [6.45, 7) is 4.18. The Labute approximate surface area is 107 Å². The molecule has 0 spiro atoms. The number of nitriles is 1. The van der Waals surface area contributed by atoms with E-state index in [-0.39, 0.29) is 5.69 Å². The lowest BCUT2D eigenvalue weighted by Gasteiger charge is -2.27. The largest absolute Gasteiger partial charge is 0.371 e. The maximum absolute atomic E-state index is 10.7. The molecule has 5 heteroatoms. The Morgan fingerprint density at radius 2 is 2.22 bits per heavy atom. The second-order valence-corrected chi connectivity index (χ2v) is 4.32. The smallest absolute Gasteiger partial charge is 0.270 e. The zero-order valence-electron chi connectivity index (χ0n) is 10.9. The number of benzene rings is 1. The molecule has 0 aliphatic carbocycles. The minimum atomic E-state index is -0.486. The minimum absolute atomic E-state index is 0.0492. The monoisotopic (exact) mass is 247 g/mol. The van der Waals surface area contributed by atoms with E-state index in [2.05, 4.69) is 13.8 Å². The van der Waals surface area contributed by atoms with Crippen LogP contribution < -0.4 is 4.90 Å². The molecule has 1 aromatic rings. The lowest BCUT2D eigenvalue weighted by molar-refractivity contribution is -0.384. The number of hydrogen-bond acceptors (Lipinski definition) is 4. The molecule has 0 saturated heterocycles. The van der Waals surface area contributed by atoms with E-state index in [1.165, 1.54) is 12.1 Å². The summed E-state index contributed by atoms with van der Waals surface area (Å²) in [7, 11) is 1.91. The summed E-state index contributed by atoms with van der Waals surface area (Å²) in [5.41, 5.74) is 1.03. The van der Waals surface area contributed by atoms with Gasteiger partial charge in [-0.1, -0.05) is 13.3 Å². The van der Waals surface area contributed by atoms with E-state index in [0.29, 0.717) is 11.6 Å². The summed E-state index contributed by atoms with van der Waals surface area (Å²) in [5, 5.41) is 19.8. The number of nitrogens with zero attached hydrogens (tertiary/aromatic N) is 3. The zero-order valence-corrected chi connectivity index (χ0v) is 10.9. The summed E-state index contributed by atoms with van der Waals surface area (Å²) in [6.07, 6.45) is 2.07. The van der Waals surface area contributed by atoms with Crippen molar-refractivity contribution in [3.63, 3.8) is 0 Å². The Balaban J connectivity index is 3.10. The van der Waals surface area contributed by atoms with Gasteiger partial charge in [-0.3, -0.25) is 10.1 Å². The summed E-state index contributed by atoms with van der Waals surface area (Å²) >= 11 is 0. The van der Waals surface area contributed by atoms with Crippen molar-refractivity contribution < 1.29 is 4.92 Å². The van der Waals surface area contributed by atoms with Gasteiger partial charge in [0.1, 0.15) is 6.07 Å². The topological polar surface area (TPSA) is 70.2 Å². The van der Waals surface area contributed by atoms with Gasteiger partial charge in [0, 0.05) is 25.2 Å². The van der Waals surface area contributed by atoms with Crippen LogP contribution in [0.3, 0.4) is 0 Å². The second kappa shape index (κ2) is 6.01. The highest BCUT2D eigenvalue weighted by molar-refractivity contribution is 5.63. The molecule has 0 aliphatic heterocycles. The molecule has 0 heterocycles. The first-order chi connectivity index (χ1) is 8.51. The molecule has 0 aliphatic rings. The molecule has 1 aromatic carbocycles. The van der Waals surface area contributed by atoms with Crippen molar-refractivity contribution in [3.8, 4) is 6.07 Å². The summed E-state index contributed by atoms with van der Waals surface area (Å²) in [6, 6.07) is 6.72. The molecule has 96 valence electrons. The third-order valence-electron chi connectivity index (χ3n) is 3.06. The van der Waals surface area contributed by atoms with Crippen LogP contribution in [-0.4, -0.2) is 18.0 Å². The van der Waals surface area contributed by atoms with Crippen molar-refractivity contribution in [2.45, 2.75) is 32.7 Å². The maximum atomic E-state index is 10.7. The first-order valence-electron chi connectivity index (χ1n) is 5.92. The molecule has 1 atom stereocenters. The van der Waals surface area contributed by atoms with Crippen LogP contribution in [0.5, 0.6) is 0 Å². The average Bonchev–Trinajstić information content (AvgIpc) is 2.37. The lowest BCUT2D eigenvalue weighted by Crippen LogP contribution is -2.29. The molecule has 1 unspecified atom stereocenters. The van der Waals surface area contributed by atoms with Crippen LogP contribution in [0.1, 0.15) is 32.3 Å². The Bertz CT molecular complexity index is 480. The molecule has 0 aromatic heterocycles. The van der Waals surface area contributed by atoms with Gasteiger partial charge in [0.25, 0.3) is 5.69 Å². The van der Waals surface area contributed by atoms with E-state index in [1.54, 1.807) is 6.07 Å². The summed E-state index contributed by atoms with van der Waals surface area (Å²) in [5.74, 6) is 0. The summed E-state index contributed by atoms with van der Waals surface area (Å²) < 4.78 is 0. The van der Waals surface area contributed by atoms with E-state index in [9.17, 15) is 10.1 Å². The highest BCUT2D eigenvalue weighted by Gasteiger charge is 2.16. The average molecular weight is 247 g/mol. The predicted octanol–water partition coefficient (Wildman–Crippen LogP) is 3.09. The quantitative estimate of drug-likeness (QED) is 0.592. The van der Waals surface area contributed by atoms with Crippen LogP contribution in [0.25, 0.3) is 0 Å². The van der Waals surface area contributed by atoms with Gasteiger partial charge in [-0.2, -0.15) is 5.26 Å². The Kier molecular flexibility index (Phi) is 4.67. The fourth-order valence-electron chi connectivity index (χ4n) is 1.88. The fourth-order valence-corrected chi connectivity index (χ4v) is 1.88. The number of rotatable bonds is 5. The van der Waals surface area contributed by atoms with Crippen molar-refractivity contribution in [1.82, 2.24) is 0 Å². The number of anilines is 1. The molecular weight excluding hydrogens is 230 g/mol. The summed E-state index contributed by atoms with van der Waals surface area (Å²) in [4.78, 5) is 12.2. The molecule has 1 rings (SSSR count). The van der Waals surface area contributed by atoms with Gasteiger partial charge in [-0.05, 0) is 19.4 Å². The number of nitro benzene ring substituents is 1. The van der Waals surface area contributed by atoms with Gasteiger partial charge < -0.3 is 4.90 Å². The Hall–Kier alpha value is -2.09. The van der Waals surface area contributed by atoms with Crippen LogP contribution in [0.15, 0.2) is 18.2 Å². The number of non-ortho nitro benzene ring substituents is 1. The fraction of sp³-hybridized carbons (Fsp3) is 0.462. The van der Waals surface area contributed by atoms with Gasteiger partial charge in [0.05, 0.1) is 16.2 Å². The van der Waals surface area contributed by atoms with Crippen molar-refractivity contribution in [1.29, 1.82) is 5.26 Å². The van der Waals surface area contributed by atoms with Crippen LogP contribution in [0.2, 0.25) is 0 Å². The molecule has 18 heavy (non-hydrogen) atoms. The van der Waals surface area contributed by atoms with E-state index in [1.807, 2.05) is 18.0 Å². The van der Waals surface area contributed by atoms with Gasteiger partial charge in [0.2, 0.25) is 0 Å². The van der Waals surface area contributed by atoms with Crippen molar-refractivity contribution in [2.75, 3.05) is 11.9 Å². The van der Waals surface area contributed by atoms with E-state index in [4.69, 9.17) is 5.26 Å². The van der Waals surface area contributed by atoms with Gasteiger partial charge in [-0.15, -0.1) is 0 Å². The van der Waals surface area contributed by atoms with Crippen LogP contribution in [-0.2, 0) is 0 Å². The number of hydrogen-bond donors (Lipinski definition) is 0. The maximum Gasteiger partial charge on any atom is 0.270 e. The van der Waals surface area contributed by atoms with Gasteiger partial charge >= 0.3 is 0 Å². The highest BCUT2D eigenvalue weighted by atomic mass is 16.6.